The first-order valence-electron chi connectivity index (χ1n) is 10.4. The second-order valence-electron chi connectivity index (χ2n) is 7.85. The van der Waals surface area contributed by atoms with Crippen LogP contribution in [0.15, 0.2) is 82.5 Å². The fourth-order valence-electron chi connectivity index (χ4n) is 4.18. The van der Waals surface area contributed by atoms with Crippen molar-refractivity contribution in [3.63, 3.8) is 0 Å². The molecule has 0 radical (unpaired) electrons. The molecule has 0 saturated heterocycles. The van der Waals surface area contributed by atoms with Gasteiger partial charge in [0.05, 0.1) is 23.7 Å². The fraction of sp³-hybridized carbons (Fsp3) is 0.0769. The van der Waals surface area contributed by atoms with Crippen molar-refractivity contribution in [3.8, 4) is 11.5 Å². The molecule has 4 aromatic rings. The van der Waals surface area contributed by atoms with Gasteiger partial charge in [-0.05, 0) is 48.0 Å². The number of furan rings is 1. The van der Waals surface area contributed by atoms with Gasteiger partial charge in [-0.1, -0.05) is 47.5 Å². The summed E-state index contributed by atoms with van der Waals surface area (Å²) in [6.07, 6.45) is 0. The molecular weight excluding hydrogens is 493 g/mol. The van der Waals surface area contributed by atoms with Gasteiger partial charge in [0.1, 0.15) is 5.75 Å². The van der Waals surface area contributed by atoms with Gasteiger partial charge in [0.15, 0.2) is 22.9 Å². The van der Waals surface area contributed by atoms with Gasteiger partial charge in [0, 0.05) is 16.1 Å². The number of fused-ring (bicyclic) bond motifs is 1. The van der Waals surface area contributed by atoms with Crippen LogP contribution in [-0.4, -0.2) is 29.0 Å². The summed E-state index contributed by atoms with van der Waals surface area (Å²) in [5, 5.41) is 21.8. The van der Waals surface area contributed by atoms with E-state index in [4.69, 9.17) is 32.4 Å². The molecule has 9 heteroatoms. The number of rotatable bonds is 5. The van der Waals surface area contributed by atoms with Crippen LogP contribution in [0.5, 0.6) is 11.5 Å². The number of aromatic hydroxyl groups is 1. The van der Waals surface area contributed by atoms with Crippen molar-refractivity contribution in [2.45, 2.75) is 6.04 Å². The second-order valence-corrected chi connectivity index (χ2v) is 8.69. The maximum absolute atomic E-state index is 13.7. The Morgan fingerprint density at radius 1 is 1.03 bits per heavy atom. The molecule has 0 bridgehead atoms. The molecule has 0 aliphatic carbocycles. The zero-order valence-electron chi connectivity index (χ0n) is 18.2. The molecule has 2 heterocycles. The largest absolute Gasteiger partial charge is 0.506 e. The lowest BCUT2D eigenvalue weighted by Gasteiger charge is -2.27. The van der Waals surface area contributed by atoms with E-state index >= 15 is 0 Å². The zero-order valence-corrected chi connectivity index (χ0v) is 19.7. The lowest BCUT2D eigenvalue weighted by atomic mass is 9.94. The van der Waals surface area contributed by atoms with E-state index in [1.807, 2.05) is 0 Å². The van der Waals surface area contributed by atoms with E-state index in [2.05, 4.69) is 0 Å². The summed E-state index contributed by atoms with van der Waals surface area (Å²) in [4.78, 5) is 28.2. The predicted molar refractivity (Wildman–Crippen MR) is 132 cm³/mol. The van der Waals surface area contributed by atoms with Crippen LogP contribution < -0.4 is 9.64 Å². The van der Waals surface area contributed by atoms with E-state index in [1.165, 1.54) is 36.3 Å². The molecule has 7 nitrogen and oxygen atoms in total. The number of ketones is 1. The highest BCUT2D eigenvalue weighted by Gasteiger charge is 2.45. The number of Topliss-reactive ketones (excluding diaryl/α,β-unsaturated/α-hetero) is 1. The molecule has 0 spiro atoms. The quantitative estimate of drug-likeness (QED) is 0.309. The van der Waals surface area contributed by atoms with E-state index in [0.29, 0.717) is 33.0 Å². The highest BCUT2D eigenvalue weighted by Crippen LogP contribution is 2.44. The smallest absolute Gasteiger partial charge is 0.294 e. The minimum atomic E-state index is -1.07. The summed E-state index contributed by atoms with van der Waals surface area (Å²) < 4.78 is 11.1. The topological polar surface area (TPSA) is 100 Å². The Morgan fingerprint density at radius 2 is 1.80 bits per heavy atom. The molecule has 2 N–H and O–H groups in total. The summed E-state index contributed by atoms with van der Waals surface area (Å²) in [6, 6.07) is 16.4. The number of ether oxygens (including phenoxy) is 1. The van der Waals surface area contributed by atoms with Crippen molar-refractivity contribution in [2.75, 3.05) is 12.0 Å². The summed E-state index contributed by atoms with van der Waals surface area (Å²) in [5.41, 5.74) is 0.910. The Labute approximate surface area is 209 Å². The first-order chi connectivity index (χ1) is 16.8. The number of aliphatic hydroxyl groups is 1. The van der Waals surface area contributed by atoms with Crippen molar-refractivity contribution in [1.29, 1.82) is 0 Å². The number of hydrogen-bond acceptors (Lipinski definition) is 6. The van der Waals surface area contributed by atoms with Gasteiger partial charge in [-0.3, -0.25) is 14.5 Å². The molecule has 176 valence electrons. The minimum Gasteiger partial charge on any atom is -0.506 e. The number of carbonyl (C=O) groups is 2. The number of halogens is 2. The van der Waals surface area contributed by atoms with Crippen LogP contribution in [0.1, 0.15) is 22.2 Å². The Morgan fingerprint density at radius 3 is 2.51 bits per heavy atom. The molecule has 5 rings (SSSR count). The average molecular weight is 510 g/mol. The molecule has 1 amide bonds. The molecule has 3 aromatic carbocycles. The van der Waals surface area contributed by atoms with Gasteiger partial charge in [-0.2, -0.15) is 0 Å². The highest BCUT2D eigenvalue weighted by atomic mass is 35.5. The van der Waals surface area contributed by atoms with Crippen LogP contribution in [0.25, 0.3) is 11.0 Å². The van der Waals surface area contributed by atoms with Gasteiger partial charge < -0.3 is 19.4 Å². The number of benzene rings is 3. The van der Waals surface area contributed by atoms with Crippen LogP contribution in [0.3, 0.4) is 0 Å². The Bertz CT molecular complexity index is 1540. The van der Waals surface area contributed by atoms with Crippen LogP contribution in [0, 0.1) is 0 Å². The first-order valence-corrected chi connectivity index (χ1v) is 11.2. The Hall–Kier alpha value is -3.94. The zero-order chi connectivity index (χ0) is 24.9. The SMILES string of the molecule is COc1cccc2cc(C(=O)C3=C(O)C(=O)N(c4cccc(Cl)c4)C3c3ccc(O)c(Cl)c3)oc12. The van der Waals surface area contributed by atoms with Gasteiger partial charge in [-0.25, -0.2) is 0 Å². The van der Waals surface area contributed by atoms with Gasteiger partial charge in [0.25, 0.3) is 5.91 Å². The Kier molecular flexibility index (Phi) is 5.67. The lowest BCUT2D eigenvalue weighted by molar-refractivity contribution is -0.117. The number of anilines is 1. The van der Waals surface area contributed by atoms with E-state index in [-0.39, 0.29) is 22.1 Å². The molecular formula is C26H17Cl2NO6. The Balaban J connectivity index is 1.68. The number of phenols is 1. The summed E-state index contributed by atoms with van der Waals surface area (Å²) >= 11 is 12.3. The fourth-order valence-corrected chi connectivity index (χ4v) is 4.55. The molecule has 1 aliphatic rings. The average Bonchev–Trinajstić information content (AvgIpc) is 3.39. The summed E-state index contributed by atoms with van der Waals surface area (Å²) in [6.45, 7) is 0. The number of para-hydroxylation sites is 1. The van der Waals surface area contributed by atoms with Crippen molar-refractivity contribution in [2.24, 2.45) is 0 Å². The number of hydrogen-bond donors (Lipinski definition) is 2. The van der Waals surface area contributed by atoms with Gasteiger partial charge in [-0.15, -0.1) is 0 Å². The molecule has 0 fully saturated rings. The molecule has 1 aromatic heterocycles. The monoisotopic (exact) mass is 509 g/mol. The standard InChI is InChI=1S/C26H17Cl2NO6/c1-34-19-7-2-4-14-11-20(35-25(14)19)23(31)21-22(13-8-9-18(30)17(28)10-13)29(26(33)24(21)32)16-6-3-5-15(27)12-16/h2-12,22,30,32H,1H3. The maximum atomic E-state index is 13.7. The second kappa shape index (κ2) is 8.69. The molecule has 0 saturated carbocycles. The van der Waals surface area contributed by atoms with E-state index in [0.717, 1.165) is 0 Å². The maximum Gasteiger partial charge on any atom is 0.294 e. The predicted octanol–water partition coefficient (Wildman–Crippen LogP) is 6.24. The highest BCUT2D eigenvalue weighted by molar-refractivity contribution is 6.32. The van der Waals surface area contributed by atoms with Crippen molar-refractivity contribution in [1.82, 2.24) is 0 Å². The summed E-state index contributed by atoms with van der Waals surface area (Å²) in [5.74, 6) is -2.02. The van der Waals surface area contributed by atoms with Crippen LogP contribution in [0.2, 0.25) is 10.0 Å². The van der Waals surface area contributed by atoms with Crippen LogP contribution in [-0.2, 0) is 4.79 Å². The first kappa shape index (κ1) is 22.8. The minimum absolute atomic E-state index is 0.0210. The number of methoxy groups -OCH3 is 1. The normalized spacial score (nSPS) is 15.8. The number of nitrogens with zero attached hydrogens (tertiary/aromatic N) is 1. The van der Waals surface area contributed by atoms with Crippen LogP contribution in [0.4, 0.5) is 5.69 Å². The molecule has 35 heavy (non-hydrogen) atoms. The number of amides is 1. The molecule has 1 atom stereocenters. The number of phenolic OH excluding ortho intramolecular Hbond substituents is 1. The third kappa shape index (κ3) is 3.79. The summed E-state index contributed by atoms with van der Waals surface area (Å²) in [7, 11) is 1.48. The van der Waals surface area contributed by atoms with Gasteiger partial charge in [0.2, 0.25) is 5.78 Å². The molecule has 1 aliphatic heterocycles. The van der Waals surface area contributed by atoms with Gasteiger partial charge >= 0.3 is 0 Å². The van der Waals surface area contributed by atoms with E-state index in [1.54, 1.807) is 42.5 Å². The van der Waals surface area contributed by atoms with Crippen molar-refractivity contribution >= 4 is 51.5 Å². The molecule has 1 unspecified atom stereocenters. The lowest BCUT2D eigenvalue weighted by Crippen LogP contribution is -2.31. The number of aliphatic hydroxyl groups excluding tert-OH is 1. The van der Waals surface area contributed by atoms with E-state index < -0.39 is 23.5 Å². The van der Waals surface area contributed by atoms with E-state index in [9.17, 15) is 19.8 Å². The van der Waals surface area contributed by atoms with Crippen LogP contribution >= 0.6 is 23.2 Å². The van der Waals surface area contributed by atoms with Crippen molar-refractivity contribution in [3.05, 3.63) is 99.4 Å². The third-order valence-electron chi connectivity index (χ3n) is 5.78. The number of carbonyl (C=O) groups excluding carboxylic acids is 2. The van der Waals surface area contributed by atoms with Crippen molar-refractivity contribution < 1.29 is 29.0 Å². The third-order valence-corrected chi connectivity index (χ3v) is 6.32.